The molecule has 1 heterocycles. The molecule has 1 N–H and O–H groups in total. The monoisotopic (exact) mass is 265 g/mol. The molecule has 0 atom stereocenters. The molecular formula is C11H12BrN3. The van der Waals surface area contributed by atoms with E-state index in [9.17, 15) is 0 Å². The number of hydrogen-bond acceptors (Lipinski definition) is 2. The smallest absolute Gasteiger partial charge is 0.0632 e. The van der Waals surface area contributed by atoms with Crippen LogP contribution in [0.5, 0.6) is 0 Å². The van der Waals surface area contributed by atoms with Crippen LogP contribution < -0.4 is 5.32 Å². The molecule has 2 aromatic rings. The van der Waals surface area contributed by atoms with Crippen LogP contribution in [0, 0.1) is 0 Å². The first kappa shape index (κ1) is 10.2. The molecule has 0 radical (unpaired) electrons. The third kappa shape index (κ3) is 3.09. The summed E-state index contributed by atoms with van der Waals surface area (Å²) in [4.78, 5) is 0. The first-order chi connectivity index (χ1) is 7.34. The zero-order valence-corrected chi connectivity index (χ0v) is 9.81. The summed E-state index contributed by atoms with van der Waals surface area (Å²) in [6.45, 7) is 1.73. The average molecular weight is 266 g/mol. The van der Waals surface area contributed by atoms with Crippen LogP contribution in [-0.2, 0) is 6.54 Å². The highest BCUT2D eigenvalue weighted by Crippen LogP contribution is 2.07. The molecule has 0 fully saturated rings. The van der Waals surface area contributed by atoms with Gasteiger partial charge in [-0.2, -0.15) is 5.10 Å². The molecule has 0 bridgehead atoms. The predicted molar refractivity (Wildman–Crippen MR) is 64.9 cm³/mol. The minimum atomic E-state index is 0.862. The molecule has 0 aliphatic carbocycles. The van der Waals surface area contributed by atoms with Crippen molar-refractivity contribution in [1.82, 2.24) is 9.78 Å². The minimum Gasteiger partial charge on any atom is -0.383 e. The van der Waals surface area contributed by atoms with Crippen LogP contribution >= 0.6 is 15.9 Å². The first-order valence-electron chi connectivity index (χ1n) is 4.81. The van der Waals surface area contributed by atoms with Gasteiger partial charge in [0.15, 0.2) is 0 Å². The van der Waals surface area contributed by atoms with Crippen molar-refractivity contribution in [3.8, 4) is 0 Å². The summed E-state index contributed by atoms with van der Waals surface area (Å²) in [5, 5.41) is 7.50. The number of nitrogens with one attached hydrogen (secondary N) is 1. The van der Waals surface area contributed by atoms with E-state index in [1.54, 1.807) is 6.20 Å². The lowest BCUT2D eigenvalue weighted by Gasteiger charge is -2.05. The lowest BCUT2D eigenvalue weighted by atomic mass is 10.3. The molecule has 2 rings (SSSR count). The minimum absolute atomic E-state index is 0.862. The van der Waals surface area contributed by atoms with Gasteiger partial charge >= 0.3 is 0 Å². The number of rotatable bonds is 4. The zero-order valence-electron chi connectivity index (χ0n) is 8.23. The van der Waals surface area contributed by atoms with Gasteiger partial charge in [0.25, 0.3) is 0 Å². The number of nitrogens with zero attached hydrogens (tertiary/aromatic N) is 2. The Bertz CT molecular complexity index is 411. The third-order valence-electron chi connectivity index (χ3n) is 2.05. The summed E-state index contributed by atoms with van der Waals surface area (Å²) in [6, 6.07) is 10.2. The molecule has 1 aromatic carbocycles. The van der Waals surface area contributed by atoms with Crippen LogP contribution in [0.2, 0.25) is 0 Å². The van der Waals surface area contributed by atoms with E-state index in [0.29, 0.717) is 0 Å². The van der Waals surface area contributed by atoms with Gasteiger partial charge in [-0.3, -0.25) is 4.68 Å². The Morgan fingerprint density at radius 3 is 2.73 bits per heavy atom. The molecule has 0 aliphatic heterocycles. The van der Waals surface area contributed by atoms with E-state index < -0.39 is 0 Å². The van der Waals surface area contributed by atoms with E-state index in [4.69, 9.17) is 0 Å². The van der Waals surface area contributed by atoms with Crippen LogP contribution in [0.3, 0.4) is 0 Å². The van der Waals surface area contributed by atoms with Crippen molar-refractivity contribution in [2.24, 2.45) is 0 Å². The first-order valence-corrected chi connectivity index (χ1v) is 5.61. The van der Waals surface area contributed by atoms with Gasteiger partial charge in [-0.15, -0.1) is 0 Å². The zero-order chi connectivity index (χ0) is 10.5. The van der Waals surface area contributed by atoms with Crippen molar-refractivity contribution in [2.45, 2.75) is 6.54 Å². The van der Waals surface area contributed by atoms with Gasteiger partial charge in [0, 0.05) is 18.4 Å². The van der Waals surface area contributed by atoms with E-state index in [0.717, 1.165) is 23.2 Å². The van der Waals surface area contributed by atoms with Gasteiger partial charge < -0.3 is 5.32 Å². The van der Waals surface area contributed by atoms with Crippen LogP contribution in [0.15, 0.2) is 47.2 Å². The SMILES string of the molecule is Brc1cnn(CCNc2ccccc2)c1. The second-order valence-corrected chi connectivity index (χ2v) is 4.13. The second-order valence-electron chi connectivity index (χ2n) is 3.21. The Hall–Kier alpha value is -1.29. The Balaban J connectivity index is 1.80. The van der Waals surface area contributed by atoms with Crippen LogP contribution in [0.4, 0.5) is 5.69 Å². The number of anilines is 1. The number of halogens is 1. The molecule has 4 heteroatoms. The average Bonchev–Trinajstić information content (AvgIpc) is 2.66. The lowest BCUT2D eigenvalue weighted by Crippen LogP contribution is -2.10. The number of hydrogen-bond donors (Lipinski definition) is 1. The van der Waals surface area contributed by atoms with Crippen molar-refractivity contribution in [1.29, 1.82) is 0 Å². The van der Waals surface area contributed by atoms with Gasteiger partial charge in [0.2, 0.25) is 0 Å². The highest BCUT2D eigenvalue weighted by Gasteiger charge is 1.94. The molecule has 15 heavy (non-hydrogen) atoms. The highest BCUT2D eigenvalue weighted by atomic mass is 79.9. The van der Waals surface area contributed by atoms with Gasteiger partial charge in [-0.05, 0) is 28.1 Å². The number of para-hydroxylation sites is 1. The Kier molecular flexibility index (Phi) is 3.40. The summed E-state index contributed by atoms with van der Waals surface area (Å²) in [7, 11) is 0. The van der Waals surface area contributed by atoms with Crippen LogP contribution in [0.25, 0.3) is 0 Å². The standard InChI is InChI=1S/C11H12BrN3/c12-10-8-14-15(9-10)7-6-13-11-4-2-1-3-5-11/h1-5,8-9,13H,6-7H2. The van der Waals surface area contributed by atoms with Gasteiger partial charge in [-0.25, -0.2) is 0 Å². The molecular weight excluding hydrogens is 254 g/mol. The van der Waals surface area contributed by atoms with E-state index in [1.807, 2.05) is 29.1 Å². The fraction of sp³-hybridized carbons (Fsp3) is 0.182. The molecule has 78 valence electrons. The summed E-state index contributed by atoms with van der Waals surface area (Å²) in [6.07, 6.45) is 3.76. The van der Waals surface area contributed by atoms with E-state index >= 15 is 0 Å². The fourth-order valence-electron chi connectivity index (χ4n) is 1.33. The predicted octanol–water partition coefficient (Wildman–Crippen LogP) is 2.76. The van der Waals surface area contributed by atoms with Gasteiger partial charge in [-0.1, -0.05) is 18.2 Å². The van der Waals surface area contributed by atoms with Crippen LogP contribution in [-0.4, -0.2) is 16.3 Å². The second kappa shape index (κ2) is 4.98. The van der Waals surface area contributed by atoms with E-state index in [1.165, 1.54) is 0 Å². The summed E-state index contributed by atoms with van der Waals surface area (Å²) >= 11 is 3.37. The Labute approximate surface area is 97.2 Å². The summed E-state index contributed by atoms with van der Waals surface area (Å²) in [5.74, 6) is 0. The van der Waals surface area contributed by atoms with Crippen molar-refractivity contribution >= 4 is 21.6 Å². The molecule has 3 nitrogen and oxygen atoms in total. The molecule has 1 aromatic heterocycles. The molecule has 0 aliphatic rings. The van der Waals surface area contributed by atoms with Crippen LogP contribution in [0.1, 0.15) is 0 Å². The fourth-order valence-corrected chi connectivity index (χ4v) is 1.66. The molecule has 0 saturated carbocycles. The van der Waals surface area contributed by atoms with E-state index in [-0.39, 0.29) is 0 Å². The molecule has 0 saturated heterocycles. The van der Waals surface area contributed by atoms with Gasteiger partial charge in [0.05, 0.1) is 17.2 Å². The normalized spacial score (nSPS) is 10.2. The van der Waals surface area contributed by atoms with Crippen molar-refractivity contribution in [3.63, 3.8) is 0 Å². The maximum absolute atomic E-state index is 4.18. The Morgan fingerprint density at radius 2 is 2.07 bits per heavy atom. The highest BCUT2D eigenvalue weighted by molar-refractivity contribution is 9.10. The van der Waals surface area contributed by atoms with Crippen molar-refractivity contribution < 1.29 is 0 Å². The van der Waals surface area contributed by atoms with E-state index in [2.05, 4.69) is 38.5 Å². The maximum Gasteiger partial charge on any atom is 0.0632 e. The summed E-state index contributed by atoms with van der Waals surface area (Å²) in [5.41, 5.74) is 1.14. The lowest BCUT2D eigenvalue weighted by molar-refractivity contribution is 0.637. The van der Waals surface area contributed by atoms with Gasteiger partial charge in [0.1, 0.15) is 0 Å². The largest absolute Gasteiger partial charge is 0.383 e. The number of benzene rings is 1. The topological polar surface area (TPSA) is 29.9 Å². The Morgan fingerprint density at radius 1 is 1.27 bits per heavy atom. The maximum atomic E-state index is 4.18. The number of aromatic nitrogens is 2. The molecule has 0 spiro atoms. The summed E-state index contributed by atoms with van der Waals surface area (Å²) < 4.78 is 2.92. The molecule has 0 unspecified atom stereocenters. The van der Waals surface area contributed by atoms with Crippen molar-refractivity contribution in [2.75, 3.05) is 11.9 Å². The third-order valence-corrected chi connectivity index (χ3v) is 2.46. The van der Waals surface area contributed by atoms with Crippen molar-refractivity contribution in [3.05, 3.63) is 47.2 Å². The molecule has 0 amide bonds. The quantitative estimate of drug-likeness (QED) is 0.922.